The minimum atomic E-state index is -3.24. The molecule has 0 spiro atoms. The molecule has 0 saturated carbocycles. The summed E-state index contributed by atoms with van der Waals surface area (Å²) in [5.74, 6) is 0. The van der Waals surface area contributed by atoms with Gasteiger partial charge < -0.3 is 0 Å². The van der Waals surface area contributed by atoms with Crippen molar-refractivity contribution in [1.82, 2.24) is 10.1 Å². The number of pyridine rings is 1. The van der Waals surface area contributed by atoms with Gasteiger partial charge in [-0.1, -0.05) is 9.39 Å². The van der Waals surface area contributed by atoms with Gasteiger partial charge in [-0.3, -0.25) is 14.4 Å². The third kappa shape index (κ3) is 3.12. The Hall–Kier alpha value is -0.710. The number of aromatic nitrogens is 1. The van der Waals surface area contributed by atoms with Gasteiger partial charge in [0.2, 0.25) is 10.0 Å². The predicted octanol–water partition coefficient (Wildman–Crippen LogP) is 0.357. The number of hydrogen-bond acceptors (Lipinski definition) is 4. The fourth-order valence-corrected chi connectivity index (χ4v) is 1.84. The van der Waals surface area contributed by atoms with E-state index in [4.69, 9.17) is 0 Å². The van der Waals surface area contributed by atoms with Crippen molar-refractivity contribution in [3.05, 3.63) is 24.0 Å². The predicted molar refractivity (Wildman–Crippen MR) is 64.0 cm³/mol. The van der Waals surface area contributed by atoms with Crippen molar-refractivity contribution in [3.8, 4) is 0 Å². The van der Waals surface area contributed by atoms with Crippen molar-refractivity contribution in [2.75, 3.05) is 17.6 Å². The van der Waals surface area contributed by atoms with Gasteiger partial charge >= 0.3 is 0 Å². The van der Waals surface area contributed by atoms with E-state index in [0.29, 0.717) is 17.9 Å². The second-order valence-corrected chi connectivity index (χ2v) is 5.50. The summed E-state index contributed by atoms with van der Waals surface area (Å²) < 4.78 is 23.9. The Kier molecular flexibility index (Phi) is 4.02. The van der Waals surface area contributed by atoms with Crippen LogP contribution in [0.1, 0.15) is 5.69 Å². The maximum atomic E-state index is 11.4. The summed E-state index contributed by atoms with van der Waals surface area (Å²) in [7, 11) is 0.630. The first kappa shape index (κ1) is 12.4. The monoisotopic (exact) mass is 247 g/mol. The molecule has 1 aromatic rings. The summed E-state index contributed by atoms with van der Waals surface area (Å²) in [5.41, 5.74) is 1.29. The van der Waals surface area contributed by atoms with Gasteiger partial charge in [0, 0.05) is 19.8 Å². The quantitative estimate of drug-likeness (QED) is 0.780. The lowest BCUT2D eigenvalue weighted by molar-refractivity contribution is 0.600. The fourth-order valence-electron chi connectivity index (χ4n) is 1.13. The van der Waals surface area contributed by atoms with E-state index in [1.54, 1.807) is 18.3 Å². The average Bonchev–Trinajstić information content (AvgIpc) is 2.17. The lowest BCUT2D eigenvalue weighted by atomic mass is 10.3. The van der Waals surface area contributed by atoms with Crippen LogP contribution in [0.5, 0.6) is 0 Å². The van der Waals surface area contributed by atoms with Gasteiger partial charge in [-0.05, 0) is 12.1 Å². The summed E-state index contributed by atoms with van der Waals surface area (Å²) >= 11 is 0. The maximum Gasteiger partial charge on any atom is 0.232 e. The number of nitrogens with one attached hydrogen (secondary N) is 1. The molecule has 7 heteroatoms. The molecule has 15 heavy (non-hydrogen) atoms. The number of nitrogens with zero attached hydrogens (tertiary/aromatic N) is 2. The largest absolute Gasteiger partial charge is 0.295 e. The molecular formula is C8H14N3O2PS. The van der Waals surface area contributed by atoms with Crippen LogP contribution in [0.3, 0.4) is 0 Å². The third-order valence-electron chi connectivity index (χ3n) is 1.97. The number of rotatable bonds is 4. The molecule has 0 fully saturated rings. The van der Waals surface area contributed by atoms with Crippen LogP contribution in [0.25, 0.3) is 0 Å². The zero-order chi connectivity index (χ0) is 11.5. The number of hydrogen-bond donors (Lipinski definition) is 1. The van der Waals surface area contributed by atoms with Crippen molar-refractivity contribution < 1.29 is 8.42 Å². The van der Waals surface area contributed by atoms with Gasteiger partial charge in [0.15, 0.2) is 0 Å². The van der Waals surface area contributed by atoms with E-state index in [1.165, 1.54) is 11.4 Å². The van der Waals surface area contributed by atoms with Crippen LogP contribution in [0.4, 0.5) is 5.69 Å². The van der Waals surface area contributed by atoms with Crippen LogP contribution in [0, 0.1) is 0 Å². The highest BCUT2D eigenvalue weighted by atomic mass is 32.2. The van der Waals surface area contributed by atoms with E-state index < -0.39 is 10.0 Å². The molecule has 1 heterocycles. The SMILES string of the molecule is CN(c1cccnc1CNP)S(C)(=O)=O. The topological polar surface area (TPSA) is 62.3 Å². The molecule has 0 radical (unpaired) electrons. The maximum absolute atomic E-state index is 11.4. The Morgan fingerprint density at radius 2 is 2.27 bits per heavy atom. The molecule has 1 rings (SSSR count). The standard InChI is InChI=1S/C8H14N3O2PS/c1-11(15(2,12)13)8-4-3-5-9-7(8)6-10-14/h3-5,10H,6,14H2,1-2H3. The summed E-state index contributed by atoms with van der Waals surface area (Å²) in [6, 6.07) is 3.44. The van der Waals surface area contributed by atoms with Gasteiger partial charge in [0.1, 0.15) is 0 Å². The van der Waals surface area contributed by atoms with E-state index in [-0.39, 0.29) is 0 Å². The van der Waals surface area contributed by atoms with Gasteiger partial charge in [0.25, 0.3) is 0 Å². The van der Waals surface area contributed by atoms with Crippen LogP contribution in [0.15, 0.2) is 18.3 Å². The first-order valence-electron chi connectivity index (χ1n) is 4.28. The van der Waals surface area contributed by atoms with Crippen LogP contribution in [0.2, 0.25) is 0 Å². The van der Waals surface area contributed by atoms with E-state index in [2.05, 4.69) is 19.5 Å². The molecule has 0 aliphatic carbocycles. The number of anilines is 1. The van der Waals surface area contributed by atoms with E-state index in [1.807, 2.05) is 0 Å². The normalized spacial score (nSPS) is 11.4. The Morgan fingerprint density at radius 3 is 2.80 bits per heavy atom. The van der Waals surface area contributed by atoms with Gasteiger partial charge in [-0.2, -0.15) is 0 Å². The first-order chi connectivity index (χ1) is 6.96. The smallest absolute Gasteiger partial charge is 0.232 e. The van der Waals surface area contributed by atoms with Crippen LogP contribution >= 0.6 is 9.39 Å². The molecule has 5 nitrogen and oxygen atoms in total. The molecule has 0 amide bonds. The zero-order valence-corrected chi connectivity index (χ0v) is 10.6. The second-order valence-electron chi connectivity index (χ2n) is 3.08. The molecule has 0 saturated heterocycles. The average molecular weight is 247 g/mol. The van der Waals surface area contributed by atoms with Gasteiger partial charge in [0.05, 0.1) is 17.6 Å². The molecule has 0 aliphatic heterocycles. The molecule has 0 aliphatic rings. The van der Waals surface area contributed by atoms with Crippen molar-refractivity contribution in [3.63, 3.8) is 0 Å². The lowest BCUT2D eigenvalue weighted by Gasteiger charge is -2.19. The van der Waals surface area contributed by atoms with Crippen LogP contribution < -0.4 is 9.39 Å². The van der Waals surface area contributed by atoms with Crippen molar-refractivity contribution in [2.45, 2.75) is 6.54 Å². The lowest BCUT2D eigenvalue weighted by Crippen LogP contribution is -2.26. The zero-order valence-electron chi connectivity index (χ0n) is 8.64. The van der Waals surface area contributed by atoms with Crippen molar-refractivity contribution in [1.29, 1.82) is 0 Å². The van der Waals surface area contributed by atoms with Gasteiger partial charge in [-0.25, -0.2) is 8.42 Å². The molecule has 1 aromatic heterocycles. The Labute approximate surface area is 92.2 Å². The molecule has 1 unspecified atom stereocenters. The van der Waals surface area contributed by atoms with Crippen LogP contribution in [-0.2, 0) is 16.6 Å². The number of sulfonamides is 1. The summed E-state index contributed by atoms with van der Waals surface area (Å²) in [6.45, 7) is 0.501. The van der Waals surface area contributed by atoms with Crippen molar-refractivity contribution >= 4 is 25.1 Å². The minimum absolute atomic E-state index is 0.501. The molecule has 0 bridgehead atoms. The molecule has 84 valence electrons. The highest BCUT2D eigenvalue weighted by molar-refractivity contribution is 7.92. The molecule has 1 N–H and O–H groups in total. The van der Waals surface area contributed by atoms with Crippen LogP contribution in [-0.4, -0.2) is 26.7 Å². The summed E-state index contributed by atoms with van der Waals surface area (Å²) in [4.78, 5) is 4.12. The second kappa shape index (κ2) is 4.88. The van der Waals surface area contributed by atoms with E-state index in [9.17, 15) is 8.42 Å². The Bertz CT molecular complexity index is 435. The molecule has 1 atom stereocenters. The van der Waals surface area contributed by atoms with E-state index in [0.717, 1.165) is 6.26 Å². The Balaban J connectivity index is 3.13. The van der Waals surface area contributed by atoms with Crippen molar-refractivity contribution in [2.24, 2.45) is 0 Å². The highest BCUT2D eigenvalue weighted by Crippen LogP contribution is 2.19. The van der Waals surface area contributed by atoms with E-state index >= 15 is 0 Å². The fraction of sp³-hybridized carbons (Fsp3) is 0.375. The first-order valence-corrected chi connectivity index (χ1v) is 6.70. The third-order valence-corrected chi connectivity index (χ3v) is 3.37. The van der Waals surface area contributed by atoms with Gasteiger partial charge in [-0.15, -0.1) is 0 Å². The minimum Gasteiger partial charge on any atom is -0.295 e. The summed E-state index contributed by atoms with van der Waals surface area (Å²) in [5, 5.41) is 2.86. The molecular weight excluding hydrogens is 233 g/mol. The highest BCUT2D eigenvalue weighted by Gasteiger charge is 2.15. The molecule has 0 aromatic carbocycles. The summed E-state index contributed by atoms with van der Waals surface area (Å²) in [6.07, 6.45) is 2.80. The Morgan fingerprint density at radius 1 is 1.60 bits per heavy atom.